The molecule has 0 amide bonds. The van der Waals surface area contributed by atoms with Gasteiger partial charge in [-0.25, -0.2) is 0 Å². The summed E-state index contributed by atoms with van der Waals surface area (Å²) in [5, 5.41) is 4.78. The van der Waals surface area contributed by atoms with Crippen molar-refractivity contribution in [1.82, 2.24) is 5.32 Å². The second-order valence-electron chi connectivity index (χ2n) is 5.01. The molecule has 0 saturated heterocycles. The van der Waals surface area contributed by atoms with E-state index in [9.17, 15) is 0 Å². The van der Waals surface area contributed by atoms with Gasteiger partial charge in [-0.3, -0.25) is 0 Å². The van der Waals surface area contributed by atoms with Crippen molar-refractivity contribution in [2.24, 2.45) is 0 Å². The lowest BCUT2D eigenvalue weighted by Gasteiger charge is -2.19. The molecule has 0 radical (unpaired) electrons. The van der Waals surface area contributed by atoms with Crippen LogP contribution in [0, 0.1) is 6.92 Å². The first-order chi connectivity index (χ1) is 10.0. The molecule has 0 aliphatic carbocycles. The van der Waals surface area contributed by atoms with E-state index in [0.717, 1.165) is 28.3 Å². The van der Waals surface area contributed by atoms with E-state index in [2.05, 4.69) is 17.4 Å². The van der Waals surface area contributed by atoms with E-state index in [1.54, 1.807) is 13.2 Å². The highest BCUT2D eigenvalue weighted by molar-refractivity contribution is 6.33. The maximum Gasteiger partial charge on any atom is 0.121 e. The summed E-state index contributed by atoms with van der Waals surface area (Å²) in [6.45, 7) is 2.04. The van der Waals surface area contributed by atoms with Crippen LogP contribution in [0.25, 0.3) is 0 Å². The summed E-state index contributed by atoms with van der Waals surface area (Å²) in [5.74, 6) is 0.898. The molecule has 2 aromatic rings. The van der Waals surface area contributed by atoms with Crippen LogP contribution in [0.4, 0.5) is 0 Å². The van der Waals surface area contributed by atoms with Crippen LogP contribution in [-0.2, 0) is 6.42 Å². The highest BCUT2D eigenvalue weighted by Gasteiger charge is 2.14. The quantitative estimate of drug-likeness (QED) is 0.852. The maximum absolute atomic E-state index is 6.26. The van der Waals surface area contributed by atoms with Crippen molar-refractivity contribution in [3.63, 3.8) is 0 Å². The van der Waals surface area contributed by atoms with Gasteiger partial charge in [-0.05, 0) is 61.3 Å². The van der Waals surface area contributed by atoms with Crippen LogP contribution in [0.3, 0.4) is 0 Å². The Kier molecular flexibility index (Phi) is 5.51. The van der Waals surface area contributed by atoms with Crippen LogP contribution < -0.4 is 10.1 Å². The van der Waals surface area contributed by atoms with Crippen LogP contribution in [-0.4, -0.2) is 14.2 Å². The predicted octanol–water partition coefficient (Wildman–Crippen LogP) is 4.81. The highest BCUT2D eigenvalue weighted by atomic mass is 35.5. The predicted molar refractivity (Wildman–Crippen MR) is 89.7 cm³/mol. The molecule has 1 N–H and O–H groups in total. The molecule has 1 unspecified atom stereocenters. The third kappa shape index (κ3) is 3.91. The summed E-state index contributed by atoms with van der Waals surface area (Å²) in [7, 11) is 3.63. The average Bonchev–Trinajstić information content (AvgIpc) is 2.48. The smallest absolute Gasteiger partial charge is 0.121 e. The Morgan fingerprint density at radius 1 is 1.14 bits per heavy atom. The van der Waals surface area contributed by atoms with Gasteiger partial charge in [0, 0.05) is 16.1 Å². The second-order valence-corrected chi connectivity index (χ2v) is 5.85. The molecule has 112 valence electrons. The Bertz CT molecular complexity index is 628. The van der Waals surface area contributed by atoms with Gasteiger partial charge in [0.2, 0.25) is 0 Å². The lowest BCUT2D eigenvalue weighted by atomic mass is 9.97. The van der Waals surface area contributed by atoms with Gasteiger partial charge in [0.25, 0.3) is 0 Å². The largest absolute Gasteiger partial charge is 0.496 e. The molecule has 0 heterocycles. The first-order valence-electron chi connectivity index (χ1n) is 6.81. The molecule has 0 fully saturated rings. The van der Waals surface area contributed by atoms with Crippen molar-refractivity contribution in [3.05, 3.63) is 63.1 Å². The lowest BCUT2D eigenvalue weighted by Crippen LogP contribution is -2.19. The Morgan fingerprint density at radius 3 is 2.52 bits per heavy atom. The number of aryl methyl sites for hydroxylation is 1. The molecule has 1 atom stereocenters. The van der Waals surface area contributed by atoms with Crippen LogP contribution in [0.1, 0.15) is 22.7 Å². The zero-order valence-electron chi connectivity index (χ0n) is 12.4. The number of rotatable bonds is 5. The molecule has 2 aromatic carbocycles. The number of hydrogen-bond acceptors (Lipinski definition) is 2. The number of halogens is 2. The maximum atomic E-state index is 6.26. The van der Waals surface area contributed by atoms with Gasteiger partial charge < -0.3 is 10.1 Å². The van der Waals surface area contributed by atoms with Gasteiger partial charge in [0.15, 0.2) is 0 Å². The summed E-state index contributed by atoms with van der Waals surface area (Å²) in [6.07, 6.45) is 0.779. The third-order valence-electron chi connectivity index (χ3n) is 3.60. The zero-order chi connectivity index (χ0) is 15.4. The van der Waals surface area contributed by atoms with Gasteiger partial charge in [-0.15, -0.1) is 0 Å². The minimum atomic E-state index is 0.172. The van der Waals surface area contributed by atoms with Crippen molar-refractivity contribution in [3.8, 4) is 5.75 Å². The first-order valence-corrected chi connectivity index (χ1v) is 7.56. The van der Waals surface area contributed by atoms with E-state index in [-0.39, 0.29) is 6.04 Å². The van der Waals surface area contributed by atoms with Gasteiger partial charge in [-0.2, -0.15) is 0 Å². The average molecular weight is 324 g/mol. The van der Waals surface area contributed by atoms with Crippen LogP contribution >= 0.6 is 23.2 Å². The van der Waals surface area contributed by atoms with Crippen molar-refractivity contribution >= 4 is 23.2 Å². The van der Waals surface area contributed by atoms with Gasteiger partial charge in [0.05, 0.1) is 7.11 Å². The molecule has 0 aromatic heterocycles. The summed E-state index contributed by atoms with van der Waals surface area (Å²) in [5.41, 5.74) is 3.36. The molecule has 2 rings (SSSR count). The number of likely N-dealkylation sites (N-methyl/N-ethyl adjacent to an activating group) is 1. The number of hydrogen-bond donors (Lipinski definition) is 1. The summed E-state index contributed by atoms with van der Waals surface area (Å²) < 4.78 is 5.31. The highest BCUT2D eigenvalue weighted by Crippen LogP contribution is 2.28. The number of benzene rings is 2. The number of nitrogens with one attached hydrogen (secondary N) is 1. The molecule has 4 heteroatoms. The Labute approximate surface area is 136 Å². The van der Waals surface area contributed by atoms with E-state index in [4.69, 9.17) is 27.9 Å². The number of ether oxygens (including phenoxy) is 1. The molecule has 0 spiro atoms. The normalized spacial score (nSPS) is 12.2. The molecule has 0 aliphatic rings. The van der Waals surface area contributed by atoms with Crippen LogP contribution in [0.2, 0.25) is 10.0 Å². The first kappa shape index (κ1) is 16.2. The van der Waals surface area contributed by atoms with Crippen molar-refractivity contribution < 1.29 is 4.74 Å². The summed E-state index contributed by atoms with van der Waals surface area (Å²) >= 11 is 12.3. The molecular weight excluding hydrogens is 305 g/mol. The lowest BCUT2D eigenvalue weighted by molar-refractivity contribution is 0.411. The van der Waals surface area contributed by atoms with E-state index in [1.165, 1.54) is 5.56 Å². The SMILES string of the molecule is CNC(Cc1cc(Cl)ccc1Cl)c1ccc(OC)c(C)c1. The fourth-order valence-electron chi connectivity index (χ4n) is 2.42. The van der Waals surface area contributed by atoms with Gasteiger partial charge in [-0.1, -0.05) is 35.3 Å². The minimum absolute atomic E-state index is 0.172. The number of methoxy groups -OCH3 is 1. The molecule has 0 bridgehead atoms. The zero-order valence-corrected chi connectivity index (χ0v) is 13.9. The van der Waals surface area contributed by atoms with Crippen LogP contribution in [0.15, 0.2) is 36.4 Å². The van der Waals surface area contributed by atoms with Crippen molar-refractivity contribution in [1.29, 1.82) is 0 Å². The monoisotopic (exact) mass is 323 g/mol. The molecule has 0 aliphatic heterocycles. The minimum Gasteiger partial charge on any atom is -0.496 e. The Hall–Kier alpha value is -1.22. The van der Waals surface area contributed by atoms with E-state index in [1.807, 2.05) is 32.2 Å². The fourth-order valence-corrected chi connectivity index (χ4v) is 2.81. The summed E-state index contributed by atoms with van der Waals surface area (Å²) in [6, 6.07) is 11.9. The second kappa shape index (κ2) is 7.17. The topological polar surface area (TPSA) is 21.3 Å². The molecular formula is C17H19Cl2NO. The van der Waals surface area contributed by atoms with Crippen molar-refractivity contribution in [2.75, 3.05) is 14.2 Å². The third-order valence-corrected chi connectivity index (χ3v) is 4.21. The van der Waals surface area contributed by atoms with Crippen molar-refractivity contribution in [2.45, 2.75) is 19.4 Å². The Morgan fingerprint density at radius 2 is 1.90 bits per heavy atom. The van der Waals surface area contributed by atoms with Gasteiger partial charge in [0.1, 0.15) is 5.75 Å². The Balaban J connectivity index is 2.27. The molecule has 2 nitrogen and oxygen atoms in total. The fraction of sp³-hybridized carbons (Fsp3) is 0.294. The van der Waals surface area contributed by atoms with E-state index in [0.29, 0.717) is 5.02 Å². The molecule has 21 heavy (non-hydrogen) atoms. The van der Waals surface area contributed by atoms with Crippen LogP contribution in [0.5, 0.6) is 5.75 Å². The van der Waals surface area contributed by atoms with E-state index < -0.39 is 0 Å². The summed E-state index contributed by atoms with van der Waals surface area (Å²) in [4.78, 5) is 0. The van der Waals surface area contributed by atoms with Gasteiger partial charge >= 0.3 is 0 Å². The van der Waals surface area contributed by atoms with E-state index >= 15 is 0 Å². The standard InChI is InChI=1S/C17H19Cl2NO/c1-11-8-12(4-7-17(11)21-3)16(20-2)10-13-9-14(18)5-6-15(13)19/h4-9,16,20H,10H2,1-3H3. The molecule has 0 saturated carbocycles.